The summed E-state index contributed by atoms with van der Waals surface area (Å²) in [7, 11) is 3.68. The second-order valence-corrected chi connectivity index (χ2v) is 8.06. The highest BCUT2D eigenvalue weighted by atomic mass is 33.1. The largest absolute Gasteiger partial charge is 0.369 e. The van der Waals surface area contributed by atoms with Gasteiger partial charge in [-0.05, 0) is 12.8 Å². The fourth-order valence-corrected chi connectivity index (χ4v) is 4.20. The van der Waals surface area contributed by atoms with Gasteiger partial charge in [0.15, 0.2) is 0 Å². The van der Waals surface area contributed by atoms with E-state index in [1.54, 1.807) is 10.8 Å². The van der Waals surface area contributed by atoms with Crippen LogP contribution in [-0.4, -0.2) is 43.0 Å². The first kappa shape index (κ1) is 18.7. The van der Waals surface area contributed by atoms with E-state index in [9.17, 15) is 4.79 Å². The van der Waals surface area contributed by atoms with Crippen LogP contribution in [0, 0.1) is 17.8 Å². The van der Waals surface area contributed by atoms with Crippen molar-refractivity contribution < 1.29 is 14.3 Å². The average Bonchev–Trinajstić information content (AvgIpc) is 2.45. The predicted molar refractivity (Wildman–Crippen MR) is 90.1 cm³/mol. The zero-order valence-electron chi connectivity index (χ0n) is 13.0. The van der Waals surface area contributed by atoms with Crippen molar-refractivity contribution >= 4 is 27.5 Å². The highest BCUT2D eigenvalue weighted by molar-refractivity contribution is 8.77. The Morgan fingerprint density at radius 3 is 2.81 bits per heavy atom. The Bertz CT molecular complexity index is 358. The van der Waals surface area contributed by atoms with Crippen LogP contribution in [0.2, 0.25) is 0 Å². The van der Waals surface area contributed by atoms with Gasteiger partial charge in [-0.1, -0.05) is 54.2 Å². The van der Waals surface area contributed by atoms with Crippen molar-refractivity contribution in [1.82, 2.24) is 5.32 Å². The molecule has 1 rings (SSSR count). The minimum absolute atomic E-state index is 0.0658. The van der Waals surface area contributed by atoms with Crippen LogP contribution >= 0.6 is 21.6 Å². The second-order valence-electron chi connectivity index (χ2n) is 5.19. The molecule has 0 aromatic carbocycles. The molecule has 4 nitrogen and oxygen atoms in total. The number of carbonyl (C=O) groups excluding carboxylic acids is 1. The van der Waals surface area contributed by atoms with E-state index in [1.807, 2.05) is 24.6 Å². The molecular weight excluding hydrogens is 306 g/mol. The minimum atomic E-state index is -0.135. The maximum atomic E-state index is 11.4. The lowest BCUT2D eigenvalue weighted by atomic mass is 10.2. The Balaban J connectivity index is 1.94. The van der Waals surface area contributed by atoms with Gasteiger partial charge in [0.1, 0.15) is 12.0 Å². The van der Waals surface area contributed by atoms with Crippen molar-refractivity contribution in [2.45, 2.75) is 44.3 Å². The van der Waals surface area contributed by atoms with Gasteiger partial charge in [-0.3, -0.25) is 4.79 Å². The molecule has 0 bridgehead atoms. The number of hydrogen-bond acceptors (Lipinski definition) is 5. The summed E-state index contributed by atoms with van der Waals surface area (Å²) in [6.07, 6.45) is 2.29. The van der Waals surface area contributed by atoms with Crippen LogP contribution in [0.4, 0.5) is 0 Å². The molecule has 1 N–H and O–H groups in total. The van der Waals surface area contributed by atoms with Gasteiger partial charge >= 0.3 is 0 Å². The SMILES string of the molecule is CC(C)C#CCNC(=O)COCCOC1CCC(C)SS1. The first-order valence-corrected chi connectivity index (χ1v) is 9.62. The molecular formula is C15H25NO3S2. The van der Waals surface area contributed by atoms with Crippen molar-refractivity contribution in [2.75, 3.05) is 26.4 Å². The Kier molecular flexibility index (Phi) is 10.0. The number of rotatable bonds is 7. The third-order valence-electron chi connectivity index (χ3n) is 2.67. The van der Waals surface area contributed by atoms with Gasteiger partial charge in [0.2, 0.25) is 5.91 Å². The molecule has 0 aromatic heterocycles. The van der Waals surface area contributed by atoms with Gasteiger partial charge in [0.05, 0.1) is 19.8 Å². The van der Waals surface area contributed by atoms with Crippen molar-refractivity contribution in [1.29, 1.82) is 0 Å². The van der Waals surface area contributed by atoms with Gasteiger partial charge in [-0.15, -0.1) is 0 Å². The van der Waals surface area contributed by atoms with Gasteiger partial charge in [0.25, 0.3) is 0 Å². The number of hydrogen-bond donors (Lipinski definition) is 1. The number of ether oxygens (including phenoxy) is 2. The summed E-state index contributed by atoms with van der Waals surface area (Å²) in [4.78, 5) is 11.4. The molecule has 0 saturated carbocycles. The van der Waals surface area contributed by atoms with Crippen LogP contribution in [0.25, 0.3) is 0 Å². The van der Waals surface area contributed by atoms with Crippen LogP contribution in [0.5, 0.6) is 0 Å². The van der Waals surface area contributed by atoms with E-state index in [2.05, 4.69) is 24.1 Å². The monoisotopic (exact) mass is 331 g/mol. The smallest absolute Gasteiger partial charge is 0.246 e. The molecule has 1 amide bonds. The Morgan fingerprint density at radius 2 is 2.14 bits per heavy atom. The molecule has 21 heavy (non-hydrogen) atoms. The zero-order chi connectivity index (χ0) is 15.5. The molecule has 1 aliphatic heterocycles. The van der Waals surface area contributed by atoms with Crippen LogP contribution < -0.4 is 5.32 Å². The lowest BCUT2D eigenvalue weighted by Crippen LogP contribution is -2.28. The fourth-order valence-electron chi connectivity index (χ4n) is 1.59. The van der Waals surface area contributed by atoms with Gasteiger partial charge in [0, 0.05) is 11.2 Å². The molecule has 1 aliphatic rings. The molecule has 120 valence electrons. The standard InChI is InChI=1S/C15H25NO3S2/c1-12(2)5-4-8-16-14(17)11-18-9-10-19-15-7-6-13(3)20-21-15/h12-13,15H,6-11H2,1-3H3,(H,16,17). The highest BCUT2D eigenvalue weighted by Gasteiger charge is 2.19. The van der Waals surface area contributed by atoms with Gasteiger partial charge in [-0.25, -0.2) is 0 Å². The minimum Gasteiger partial charge on any atom is -0.369 e. The first-order valence-electron chi connectivity index (χ1n) is 7.34. The summed E-state index contributed by atoms with van der Waals surface area (Å²) in [5.74, 6) is 6.08. The summed E-state index contributed by atoms with van der Waals surface area (Å²) in [6, 6.07) is 0. The molecule has 1 heterocycles. The van der Waals surface area contributed by atoms with E-state index in [-0.39, 0.29) is 18.0 Å². The molecule has 2 unspecified atom stereocenters. The van der Waals surface area contributed by atoms with Crippen molar-refractivity contribution in [3.05, 3.63) is 0 Å². The molecule has 1 fully saturated rings. The van der Waals surface area contributed by atoms with E-state index in [0.29, 0.717) is 30.9 Å². The average molecular weight is 332 g/mol. The topological polar surface area (TPSA) is 47.6 Å². The van der Waals surface area contributed by atoms with E-state index < -0.39 is 0 Å². The summed E-state index contributed by atoms with van der Waals surface area (Å²) in [5, 5.41) is 3.41. The number of carbonyl (C=O) groups is 1. The van der Waals surface area contributed by atoms with E-state index in [0.717, 1.165) is 6.42 Å². The van der Waals surface area contributed by atoms with Crippen molar-refractivity contribution in [3.8, 4) is 11.8 Å². The lowest BCUT2D eigenvalue weighted by molar-refractivity contribution is -0.126. The van der Waals surface area contributed by atoms with Crippen LogP contribution in [0.3, 0.4) is 0 Å². The van der Waals surface area contributed by atoms with Crippen LogP contribution in [-0.2, 0) is 14.3 Å². The maximum Gasteiger partial charge on any atom is 0.246 e. The summed E-state index contributed by atoms with van der Waals surface area (Å²) < 4.78 is 11.0. The number of nitrogens with one attached hydrogen (secondary N) is 1. The third kappa shape index (κ3) is 10.1. The second kappa shape index (κ2) is 11.2. The quantitative estimate of drug-likeness (QED) is 0.441. The first-order chi connectivity index (χ1) is 10.1. The molecule has 0 spiro atoms. The molecule has 1 saturated heterocycles. The van der Waals surface area contributed by atoms with E-state index in [1.165, 1.54) is 6.42 Å². The fraction of sp³-hybridized carbons (Fsp3) is 0.800. The predicted octanol–water partition coefficient (Wildman–Crippen LogP) is 2.69. The Hall–Kier alpha value is -0.350. The molecule has 0 radical (unpaired) electrons. The third-order valence-corrected chi connectivity index (χ3v) is 5.89. The van der Waals surface area contributed by atoms with E-state index in [4.69, 9.17) is 9.47 Å². The van der Waals surface area contributed by atoms with Crippen molar-refractivity contribution in [3.63, 3.8) is 0 Å². The number of amides is 1. The summed E-state index contributed by atoms with van der Waals surface area (Å²) in [5.41, 5.74) is 0.259. The molecule has 0 aromatic rings. The highest BCUT2D eigenvalue weighted by Crippen LogP contribution is 2.40. The Labute approximate surface area is 135 Å². The van der Waals surface area contributed by atoms with Crippen LogP contribution in [0.15, 0.2) is 0 Å². The maximum absolute atomic E-state index is 11.4. The van der Waals surface area contributed by atoms with Gasteiger partial charge in [-0.2, -0.15) is 0 Å². The van der Waals surface area contributed by atoms with Crippen LogP contribution in [0.1, 0.15) is 33.6 Å². The van der Waals surface area contributed by atoms with Crippen molar-refractivity contribution in [2.24, 2.45) is 5.92 Å². The van der Waals surface area contributed by atoms with Gasteiger partial charge < -0.3 is 14.8 Å². The molecule has 6 heteroatoms. The molecule has 2 atom stereocenters. The lowest BCUT2D eigenvalue weighted by Gasteiger charge is -2.24. The normalized spacial score (nSPS) is 21.7. The summed E-state index contributed by atoms with van der Waals surface area (Å²) in [6.45, 7) is 7.70. The molecule has 0 aliphatic carbocycles. The Morgan fingerprint density at radius 1 is 1.33 bits per heavy atom. The summed E-state index contributed by atoms with van der Waals surface area (Å²) >= 11 is 0. The van der Waals surface area contributed by atoms with E-state index >= 15 is 0 Å². The zero-order valence-corrected chi connectivity index (χ0v) is 14.6.